The Hall–Kier alpha value is -2.33. The second-order valence-electron chi connectivity index (χ2n) is 6.26. The summed E-state index contributed by atoms with van der Waals surface area (Å²) < 4.78 is 11.1. The summed E-state index contributed by atoms with van der Waals surface area (Å²) >= 11 is 0. The van der Waals surface area contributed by atoms with Gasteiger partial charge >= 0.3 is 0 Å². The molecule has 1 fully saturated rings. The van der Waals surface area contributed by atoms with E-state index in [2.05, 4.69) is 12.1 Å². The van der Waals surface area contributed by atoms with Crippen LogP contribution in [0.1, 0.15) is 18.1 Å². The van der Waals surface area contributed by atoms with Crippen LogP contribution in [0.4, 0.5) is 0 Å². The molecule has 132 valence electrons. The summed E-state index contributed by atoms with van der Waals surface area (Å²) in [5.74, 6) is 1.00. The number of benzene rings is 2. The minimum atomic E-state index is 0.103. The normalized spacial score (nSPS) is 17.3. The lowest BCUT2D eigenvalue weighted by Crippen LogP contribution is -2.50. The van der Waals surface area contributed by atoms with E-state index in [9.17, 15) is 4.79 Å². The Balaban J connectivity index is 1.64. The molecule has 0 bridgehead atoms. The summed E-state index contributed by atoms with van der Waals surface area (Å²) in [5, 5.41) is 0. The average molecular weight is 339 g/mol. The molecule has 25 heavy (non-hydrogen) atoms. The lowest BCUT2D eigenvalue weighted by molar-refractivity contribution is -0.139. The van der Waals surface area contributed by atoms with Crippen molar-refractivity contribution in [2.45, 2.75) is 25.8 Å². The zero-order valence-electron chi connectivity index (χ0n) is 14.7. The number of carbonyl (C=O) groups excluding carboxylic acids is 1. The van der Waals surface area contributed by atoms with E-state index >= 15 is 0 Å². The number of ether oxygens (including phenoxy) is 2. The van der Waals surface area contributed by atoms with Crippen LogP contribution >= 0.6 is 0 Å². The van der Waals surface area contributed by atoms with Crippen LogP contribution in [0.2, 0.25) is 0 Å². The van der Waals surface area contributed by atoms with E-state index in [0.29, 0.717) is 32.8 Å². The highest BCUT2D eigenvalue weighted by atomic mass is 16.5. The molecule has 2 aromatic rings. The minimum absolute atomic E-state index is 0.103. The number of rotatable bonds is 6. The van der Waals surface area contributed by atoms with Gasteiger partial charge in [-0.05, 0) is 36.6 Å². The van der Waals surface area contributed by atoms with E-state index in [1.807, 2.05) is 54.3 Å². The maximum atomic E-state index is 12.8. The number of carbonyl (C=O) groups is 1. The van der Waals surface area contributed by atoms with Crippen molar-refractivity contribution in [3.05, 3.63) is 65.7 Å². The summed E-state index contributed by atoms with van der Waals surface area (Å²) in [7, 11) is 0. The first-order valence-corrected chi connectivity index (χ1v) is 8.89. The van der Waals surface area contributed by atoms with Crippen molar-refractivity contribution < 1.29 is 14.3 Å². The Kier molecular flexibility index (Phi) is 6.07. The minimum Gasteiger partial charge on any atom is -0.494 e. The quantitative estimate of drug-likeness (QED) is 0.812. The molecule has 0 N–H and O–H groups in total. The fourth-order valence-corrected chi connectivity index (χ4v) is 3.18. The maximum Gasteiger partial charge on any atom is 0.227 e. The van der Waals surface area contributed by atoms with Crippen LogP contribution in [-0.4, -0.2) is 43.2 Å². The van der Waals surface area contributed by atoms with Gasteiger partial charge in [0.05, 0.1) is 32.3 Å². The fourth-order valence-electron chi connectivity index (χ4n) is 3.18. The largest absolute Gasteiger partial charge is 0.494 e. The second-order valence-corrected chi connectivity index (χ2v) is 6.26. The predicted octanol–water partition coefficient (Wildman–Crippen LogP) is 3.10. The van der Waals surface area contributed by atoms with Crippen LogP contribution in [-0.2, 0) is 22.4 Å². The van der Waals surface area contributed by atoms with Crippen LogP contribution in [0.5, 0.6) is 5.75 Å². The molecule has 1 aliphatic rings. The van der Waals surface area contributed by atoms with E-state index in [4.69, 9.17) is 9.47 Å². The average Bonchev–Trinajstić information content (AvgIpc) is 2.65. The van der Waals surface area contributed by atoms with Crippen LogP contribution in [0.15, 0.2) is 54.6 Å². The van der Waals surface area contributed by atoms with Crippen LogP contribution in [0, 0.1) is 0 Å². The Morgan fingerprint density at radius 2 is 1.88 bits per heavy atom. The zero-order chi connectivity index (χ0) is 17.5. The molecule has 1 atom stereocenters. The van der Waals surface area contributed by atoms with Crippen LogP contribution in [0.25, 0.3) is 0 Å². The van der Waals surface area contributed by atoms with Gasteiger partial charge in [0.1, 0.15) is 5.75 Å². The Morgan fingerprint density at radius 3 is 2.60 bits per heavy atom. The van der Waals surface area contributed by atoms with Crippen LogP contribution in [0.3, 0.4) is 0 Å². The Bertz CT molecular complexity index is 669. The third kappa shape index (κ3) is 4.83. The van der Waals surface area contributed by atoms with Gasteiger partial charge in [0, 0.05) is 6.54 Å². The summed E-state index contributed by atoms with van der Waals surface area (Å²) in [5.41, 5.74) is 2.25. The number of amides is 1. The molecule has 1 unspecified atom stereocenters. The zero-order valence-corrected chi connectivity index (χ0v) is 14.7. The maximum absolute atomic E-state index is 12.8. The highest BCUT2D eigenvalue weighted by Crippen LogP contribution is 2.17. The highest BCUT2D eigenvalue weighted by molar-refractivity contribution is 5.79. The molecule has 2 aromatic carbocycles. The first kappa shape index (κ1) is 17.5. The molecule has 0 saturated carbocycles. The molecule has 1 heterocycles. The molecular formula is C21H25NO3. The number of hydrogen-bond donors (Lipinski definition) is 0. The van der Waals surface area contributed by atoms with Crippen molar-refractivity contribution in [2.75, 3.05) is 26.4 Å². The van der Waals surface area contributed by atoms with E-state index in [1.54, 1.807) is 0 Å². The third-order valence-corrected chi connectivity index (χ3v) is 4.45. The Labute approximate surface area is 149 Å². The van der Waals surface area contributed by atoms with E-state index in [1.165, 1.54) is 5.56 Å². The summed E-state index contributed by atoms with van der Waals surface area (Å²) in [6.45, 7) is 4.48. The molecular weight excluding hydrogens is 314 g/mol. The summed E-state index contributed by atoms with van der Waals surface area (Å²) in [4.78, 5) is 14.8. The first-order valence-electron chi connectivity index (χ1n) is 8.89. The molecule has 0 aromatic heterocycles. The molecule has 0 spiro atoms. The summed E-state index contributed by atoms with van der Waals surface area (Å²) in [6, 6.07) is 18.2. The van der Waals surface area contributed by atoms with Crippen molar-refractivity contribution in [3.63, 3.8) is 0 Å². The molecule has 1 saturated heterocycles. The van der Waals surface area contributed by atoms with Gasteiger partial charge in [-0.3, -0.25) is 4.79 Å². The second kappa shape index (κ2) is 8.67. The lowest BCUT2D eigenvalue weighted by Gasteiger charge is -2.36. The van der Waals surface area contributed by atoms with Gasteiger partial charge in [-0.15, -0.1) is 0 Å². The smallest absolute Gasteiger partial charge is 0.227 e. The first-order chi connectivity index (χ1) is 12.3. The monoisotopic (exact) mass is 339 g/mol. The molecule has 0 aliphatic carbocycles. The van der Waals surface area contributed by atoms with Gasteiger partial charge < -0.3 is 14.4 Å². The van der Waals surface area contributed by atoms with Gasteiger partial charge in [-0.2, -0.15) is 0 Å². The van der Waals surface area contributed by atoms with Crippen molar-refractivity contribution in [2.24, 2.45) is 0 Å². The lowest BCUT2D eigenvalue weighted by atomic mass is 10.0. The van der Waals surface area contributed by atoms with Crippen molar-refractivity contribution in [1.82, 2.24) is 4.90 Å². The van der Waals surface area contributed by atoms with E-state index < -0.39 is 0 Å². The third-order valence-electron chi connectivity index (χ3n) is 4.45. The standard InChI is InChI=1S/C21H25NO3/c1-2-25-20-10-8-18(9-11-20)15-21(23)22-12-13-24-16-19(22)14-17-6-4-3-5-7-17/h3-11,19H,2,12-16H2,1H3. The van der Waals surface area contributed by atoms with Gasteiger partial charge in [-0.25, -0.2) is 0 Å². The van der Waals surface area contributed by atoms with Crippen molar-refractivity contribution in [3.8, 4) is 5.75 Å². The van der Waals surface area contributed by atoms with Gasteiger partial charge in [-0.1, -0.05) is 42.5 Å². The molecule has 0 radical (unpaired) electrons. The summed E-state index contributed by atoms with van der Waals surface area (Å²) in [6.07, 6.45) is 1.24. The Morgan fingerprint density at radius 1 is 1.12 bits per heavy atom. The van der Waals surface area contributed by atoms with Crippen molar-refractivity contribution in [1.29, 1.82) is 0 Å². The van der Waals surface area contributed by atoms with Crippen molar-refractivity contribution >= 4 is 5.91 Å². The van der Waals surface area contributed by atoms with Gasteiger partial charge in [0.15, 0.2) is 0 Å². The predicted molar refractivity (Wildman–Crippen MR) is 97.8 cm³/mol. The SMILES string of the molecule is CCOc1ccc(CC(=O)N2CCOCC2Cc2ccccc2)cc1. The molecule has 4 heteroatoms. The highest BCUT2D eigenvalue weighted by Gasteiger charge is 2.27. The topological polar surface area (TPSA) is 38.8 Å². The number of nitrogens with zero attached hydrogens (tertiary/aromatic N) is 1. The van der Waals surface area contributed by atoms with Gasteiger partial charge in [0.25, 0.3) is 0 Å². The van der Waals surface area contributed by atoms with Gasteiger partial charge in [0.2, 0.25) is 5.91 Å². The molecule has 4 nitrogen and oxygen atoms in total. The van der Waals surface area contributed by atoms with Crippen LogP contribution < -0.4 is 4.74 Å². The molecule has 1 aliphatic heterocycles. The number of hydrogen-bond acceptors (Lipinski definition) is 3. The van der Waals surface area contributed by atoms with E-state index in [0.717, 1.165) is 17.7 Å². The number of morpholine rings is 1. The fraction of sp³-hybridized carbons (Fsp3) is 0.381. The van der Waals surface area contributed by atoms with E-state index in [-0.39, 0.29) is 11.9 Å². The molecule has 3 rings (SSSR count). The molecule has 1 amide bonds.